The Balaban J connectivity index is 2.31. The van der Waals surface area contributed by atoms with Crippen molar-refractivity contribution in [2.75, 3.05) is 5.75 Å². The van der Waals surface area contributed by atoms with Crippen molar-refractivity contribution >= 4 is 27.7 Å². The molecule has 1 heterocycles. The molecule has 0 amide bonds. The highest BCUT2D eigenvalue weighted by atomic mass is 79.9. The summed E-state index contributed by atoms with van der Waals surface area (Å²) in [7, 11) is 0. The van der Waals surface area contributed by atoms with Crippen LogP contribution < -0.4 is 5.32 Å². The Bertz CT molecular complexity index is 325. The van der Waals surface area contributed by atoms with Gasteiger partial charge in [-0.05, 0) is 19.1 Å². The summed E-state index contributed by atoms with van der Waals surface area (Å²) in [5, 5.41) is 3.43. The summed E-state index contributed by atoms with van der Waals surface area (Å²) in [6.07, 6.45) is 0. The van der Waals surface area contributed by atoms with Crippen LogP contribution in [-0.2, 0) is 0 Å². The van der Waals surface area contributed by atoms with E-state index < -0.39 is 0 Å². The molecule has 2 atom stereocenters. The fourth-order valence-electron chi connectivity index (χ4n) is 1.52. The Labute approximate surface area is 95.6 Å². The van der Waals surface area contributed by atoms with Crippen molar-refractivity contribution < 1.29 is 4.39 Å². The highest BCUT2D eigenvalue weighted by Crippen LogP contribution is 2.37. The van der Waals surface area contributed by atoms with E-state index >= 15 is 0 Å². The van der Waals surface area contributed by atoms with Gasteiger partial charge in [0, 0.05) is 21.8 Å². The molecule has 2 rings (SSSR count). The van der Waals surface area contributed by atoms with Gasteiger partial charge in [0.15, 0.2) is 0 Å². The summed E-state index contributed by atoms with van der Waals surface area (Å²) >= 11 is 5.13. The van der Waals surface area contributed by atoms with Crippen molar-refractivity contribution in [3.05, 3.63) is 34.1 Å². The van der Waals surface area contributed by atoms with Crippen LogP contribution in [0.1, 0.15) is 17.9 Å². The molecule has 0 aromatic heterocycles. The average Bonchev–Trinajstić information content (AvgIpc) is 2.51. The molecule has 1 N–H and O–H groups in total. The molecular weight excluding hydrogens is 265 g/mol. The van der Waals surface area contributed by atoms with Gasteiger partial charge in [0.1, 0.15) is 5.82 Å². The zero-order valence-corrected chi connectivity index (χ0v) is 10.2. The van der Waals surface area contributed by atoms with E-state index in [0.717, 1.165) is 15.8 Å². The van der Waals surface area contributed by atoms with Crippen LogP contribution in [0.4, 0.5) is 4.39 Å². The maximum atomic E-state index is 13.5. The van der Waals surface area contributed by atoms with Crippen molar-refractivity contribution in [3.63, 3.8) is 0 Å². The predicted octanol–water partition coefficient (Wildman–Crippen LogP) is 3.31. The van der Waals surface area contributed by atoms with Crippen LogP contribution >= 0.6 is 27.7 Å². The second-order valence-corrected chi connectivity index (χ2v) is 5.41. The first kappa shape index (κ1) is 10.5. The molecule has 0 bridgehead atoms. The molecule has 1 fully saturated rings. The Morgan fingerprint density at radius 1 is 1.57 bits per heavy atom. The number of benzene rings is 1. The van der Waals surface area contributed by atoms with E-state index in [9.17, 15) is 4.39 Å². The third kappa shape index (κ3) is 1.97. The number of nitrogens with one attached hydrogen (secondary N) is 1. The van der Waals surface area contributed by atoms with E-state index in [0.29, 0.717) is 6.04 Å². The molecule has 76 valence electrons. The normalized spacial score (nSPS) is 26.8. The van der Waals surface area contributed by atoms with Crippen LogP contribution in [0.2, 0.25) is 0 Å². The van der Waals surface area contributed by atoms with Crippen molar-refractivity contribution in [3.8, 4) is 0 Å². The molecule has 0 aliphatic carbocycles. The smallest absolute Gasteiger partial charge is 0.129 e. The van der Waals surface area contributed by atoms with Crippen molar-refractivity contribution in [1.82, 2.24) is 5.32 Å². The third-order valence-corrected chi connectivity index (χ3v) is 4.30. The lowest BCUT2D eigenvalue weighted by atomic mass is 10.2. The fraction of sp³-hybridized carbons (Fsp3) is 0.400. The van der Waals surface area contributed by atoms with E-state index in [4.69, 9.17) is 0 Å². The monoisotopic (exact) mass is 275 g/mol. The van der Waals surface area contributed by atoms with Crippen LogP contribution in [-0.4, -0.2) is 11.8 Å². The molecule has 0 spiro atoms. The lowest BCUT2D eigenvalue weighted by Gasteiger charge is -2.13. The van der Waals surface area contributed by atoms with E-state index in [1.165, 1.54) is 6.07 Å². The van der Waals surface area contributed by atoms with Crippen molar-refractivity contribution in [2.24, 2.45) is 0 Å². The minimum atomic E-state index is -0.140. The topological polar surface area (TPSA) is 12.0 Å². The molecule has 0 saturated carbocycles. The lowest BCUT2D eigenvalue weighted by Crippen LogP contribution is -2.22. The second kappa shape index (κ2) is 4.21. The molecule has 1 aromatic carbocycles. The Morgan fingerprint density at radius 3 is 2.93 bits per heavy atom. The highest BCUT2D eigenvalue weighted by Gasteiger charge is 2.26. The van der Waals surface area contributed by atoms with E-state index in [1.807, 2.05) is 6.07 Å². The van der Waals surface area contributed by atoms with Gasteiger partial charge in [0.2, 0.25) is 0 Å². The molecule has 14 heavy (non-hydrogen) atoms. The highest BCUT2D eigenvalue weighted by molar-refractivity contribution is 9.10. The minimum Gasteiger partial charge on any atom is -0.298 e. The summed E-state index contributed by atoms with van der Waals surface area (Å²) < 4.78 is 14.4. The summed E-state index contributed by atoms with van der Waals surface area (Å²) in [6.45, 7) is 2.11. The predicted molar refractivity (Wildman–Crippen MR) is 61.9 cm³/mol. The largest absolute Gasteiger partial charge is 0.298 e. The molecule has 4 heteroatoms. The van der Waals surface area contributed by atoms with Crippen LogP contribution in [0, 0.1) is 5.82 Å². The molecule has 0 radical (unpaired) electrons. The zero-order chi connectivity index (χ0) is 10.1. The SMILES string of the molecule is CC1CSC(c2c(F)cccc2Br)N1. The first-order valence-corrected chi connectivity index (χ1v) is 6.34. The molecule has 1 aliphatic rings. The van der Waals surface area contributed by atoms with Gasteiger partial charge in [0.05, 0.1) is 5.37 Å². The van der Waals surface area contributed by atoms with Gasteiger partial charge < -0.3 is 0 Å². The Morgan fingerprint density at radius 2 is 2.36 bits per heavy atom. The zero-order valence-electron chi connectivity index (χ0n) is 7.76. The number of thioether (sulfide) groups is 1. The Hall–Kier alpha value is -0.0600. The second-order valence-electron chi connectivity index (χ2n) is 3.42. The van der Waals surface area contributed by atoms with Crippen molar-refractivity contribution in [1.29, 1.82) is 0 Å². The molecule has 2 unspecified atom stereocenters. The van der Waals surface area contributed by atoms with Crippen LogP contribution in [0.5, 0.6) is 0 Å². The van der Waals surface area contributed by atoms with E-state index in [2.05, 4.69) is 28.2 Å². The summed E-state index contributed by atoms with van der Waals surface area (Å²) in [5.41, 5.74) is 0.738. The first-order valence-electron chi connectivity index (χ1n) is 4.50. The van der Waals surface area contributed by atoms with Gasteiger partial charge in [-0.3, -0.25) is 5.32 Å². The van der Waals surface area contributed by atoms with Gasteiger partial charge in [-0.1, -0.05) is 22.0 Å². The third-order valence-electron chi connectivity index (χ3n) is 2.21. The summed E-state index contributed by atoms with van der Waals surface area (Å²) in [6, 6.07) is 5.55. The van der Waals surface area contributed by atoms with Gasteiger partial charge in [0.25, 0.3) is 0 Å². The van der Waals surface area contributed by atoms with Crippen molar-refractivity contribution in [2.45, 2.75) is 18.3 Å². The Kier molecular flexibility index (Phi) is 3.14. The molecule has 1 aromatic rings. The molecule has 1 aliphatic heterocycles. The number of hydrogen-bond donors (Lipinski definition) is 1. The molecular formula is C10H11BrFNS. The van der Waals surface area contributed by atoms with Crippen LogP contribution in [0.25, 0.3) is 0 Å². The maximum Gasteiger partial charge on any atom is 0.129 e. The summed E-state index contributed by atoms with van der Waals surface area (Å²) in [5.74, 6) is 0.893. The quantitative estimate of drug-likeness (QED) is 0.844. The van der Waals surface area contributed by atoms with Gasteiger partial charge >= 0.3 is 0 Å². The van der Waals surface area contributed by atoms with E-state index in [-0.39, 0.29) is 11.2 Å². The number of halogens is 2. The lowest BCUT2D eigenvalue weighted by molar-refractivity contribution is 0.566. The van der Waals surface area contributed by atoms with Gasteiger partial charge in [-0.15, -0.1) is 11.8 Å². The summed E-state index contributed by atoms with van der Waals surface area (Å²) in [4.78, 5) is 0. The van der Waals surface area contributed by atoms with Crippen LogP contribution in [0.15, 0.2) is 22.7 Å². The van der Waals surface area contributed by atoms with Gasteiger partial charge in [-0.2, -0.15) is 0 Å². The molecule has 1 nitrogen and oxygen atoms in total. The molecule has 1 saturated heterocycles. The van der Waals surface area contributed by atoms with Gasteiger partial charge in [-0.25, -0.2) is 4.39 Å². The maximum absolute atomic E-state index is 13.5. The number of hydrogen-bond acceptors (Lipinski definition) is 2. The van der Waals surface area contributed by atoms with Crippen LogP contribution in [0.3, 0.4) is 0 Å². The minimum absolute atomic E-state index is 0.0839. The fourth-order valence-corrected chi connectivity index (χ4v) is 3.56. The standard InChI is InChI=1S/C10H11BrFNS/c1-6-5-14-10(13-6)9-7(11)3-2-4-8(9)12/h2-4,6,10,13H,5H2,1H3. The average molecular weight is 276 g/mol. The first-order chi connectivity index (χ1) is 6.68. The van der Waals surface area contributed by atoms with E-state index in [1.54, 1.807) is 17.8 Å². The number of rotatable bonds is 1.